The summed E-state index contributed by atoms with van der Waals surface area (Å²) in [7, 11) is 0. The predicted octanol–water partition coefficient (Wildman–Crippen LogP) is 1.91. The van der Waals surface area contributed by atoms with E-state index >= 15 is 0 Å². The molecule has 52 valence electrons. The smallest absolute Gasteiger partial charge is 0.0720 e. The van der Waals surface area contributed by atoms with Gasteiger partial charge in [0.05, 0.1) is 5.37 Å². The van der Waals surface area contributed by atoms with Gasteiger partial charge >= 0.3 is 0 Å². The Morgan fingerprint density at radius 2 is 2.56 bits per heavy atom. The van der Waals surface area contributed by atoms with Crippen molar-refractivity contribution < 1.29 is 0 Å². The average molecular weight is 143 g/mol. The van der Waals surface area contributed by atoms with E-state index in [1.54, 1.807) is 0 Å². The molecule has 1 aliphatic rings. The fraction of sp³-hybridized carbons (Fsp3) is 0.714. The zero-order valence-corrected chi connectivity index (χ0v) is 6.82. The van der Waals surface area contributed by atoms with E-state index in [9.17, 15) is 0 Å². The first kappa shape index (κ1) is 7.00. The molecule has 2 heteroatoms. The lowest BCUT2D eigenvalue weighted by Gasteiger charge is -2.28. The van der Waals surface area contributed by atoms with Gasteiger partial charge in [0.25, 0.3) is 0 Å². The molecule has 1 aliphatic heterocycles. The van der Waals surface area contributed by atoms with E-state index in [2.05, 4.69) is 31.0 Å². The molecule has 1 nitrogen and oxygen atoms in total. The van der Waals surface area contributed by atoms with Crippen LogP contribution in [0.3, 0.4) is 0 Å². The molecule has 0 aromatic heterocycles. The normalized spacial score (nSPS) is 26.9. The average Bonchev–Trinajstić information content (AvgIpc) is 1.89. The summed E-state index contributed by atoms with van der Waals surface area (Å²) in [5.41, 5.74) is 0. The van der Waals surface area contributed by atoms with Crippen LogP contribution in [-0.4, -0.2) is 22.6 Å². The SMILES string of the molecule is CCN1C=CCSC1C. The Balaban J connectivity index is 2.46. The van der Waals surface area contributed by atoms with Gasteiger partial charge in [-0.3, -0.25) is 0 Å². The summed E-state index contributed by atoms with van der Waals surface area (Å²) in [4.78, 5) is 2.34. The maximum absolute atomic E-state index is 2.34. The first-order chi connectivity index (χ1) is 4.34. The van der Waals surface area contributed by atoms with E-state index < -0.39 is 0 Å². The maximum Gasteiger partial charge on any atom is 0.0720 e. The zero-order chi connectivity index (χ0) is 6.69. The molecule has 0 spiro atoms. The summed E-state index contributed by atoms with van der Waals surface area (Å²) in [6.45, 7) is 5.56. The quantitative estimate of drug-likeness (QED) is 0.551. The minimum atomic E-state index is 0.681. The van der Waals surface area contributed by atoms with Crippen LogP contribution in [0.2, 0.25) is 0 Å². The molecule has 0 bridgehead atoms. The first-order valence-corrected chi connectivity index (χ1v) is 4.43. The van der Waals surface area contributed by atoms with Gasteiger partial charge in [-0.2, -0.15) is 0 Å². The van der Waals surface area contributed by atoms with Crippen LogP contribution in [0.1, 0.15) is 13.8 Å². The first-order valence-electron chi connectivity index (χ1n) is 3.38. The molecule has 0 N–H and O–H groups in total. The van der Waals surface area contributed by atoms with Crippen LogP contribution in [-0.2, 0) is 0 Å². The Morgan fingerprint density at radius 1 is 1.78 bits per heavy atom. The molecule has 1 atom stereocenters. The number of nitrogens with zero attached hydrogens (tertiary/aromatic N) is 1. The number of hydrogen-bond donors (Lipinski definition) is 0. The Morgan fingerprint density at radius 3 is 3.00 bits per heavy atom. The zero-order valence-electron chi connectivity index (χ0n) is 6.00. The van der Waals surface area contributed by atoms with Crippen LogP contribution in [0, 0.1) is 0 Å². The van der Waals surface area contributed by atoms with Gasteiger partial charge in [-0.05, 0) is 20.0 Å². The van der Waals surface area contributed by atoms with Crippen LogP contribution in [0.25, 0.3) is 0 Å². The molecule has 0 aromatic rings. The summed E-state index contributed by atoms with van der Waals surface area (Å²) < 4.78 is 0. The Hall–Kier alpha value is -0.110. The third-order valence-corrected chi connectivity index (χ3v) is 2.70. The van der Waals surface area contributed by atoms with Crippen molar-refractivity contribution in [1.82, 2.24) is 4.90 Å². The lowest BCUT2D eigenvalue weighted by molar-refractivity contribution is 0.386. The van der Waals surface area contributed by atoms with E-state index in [0.29, 0.717) is 5.37 Å². The minimum absolute atomic E-state index is 0.681. The second-order valence-electron chi connectivity index (χ2n) is 2.15. The Bertz CT molecular complexity index is 111. The molecular formula is C7H13NS. The van der Waals surface area contributed by atoms with E-state index in [0.717, 1.165) is 6.54 Å². The minimum Gasteiger partial charge on any atom is -0.366 e. The summed E-state index contributed by atoms with van der Waals surface area (Å²) in [6.07, 6.45) is 4.41. The maximum atomic E-state index is 2.34. The molecule has 0 saturated carbocycles. The van der Waals surface area contributed by atoms with Crippen LogP contribution >= 0.6 is 11.8 Å². The van der Waals surface area contributed by atoms with E-state index in [-0.39, 0.29) is 0 Å². The Kier molecular flexibility index (Phi) is 2.46. The predicted molar refractivity (Wildman–Crippen MR) is 43.4 cm³/mol. The van der Waals surface area contributed by atoms with Crippen molar-refractivity contribution in [2.75, 3.05) is 12.3 Å². The van der Waals surface area contributed by atoms with Gasteiger partial charge in [-0.25, -0.2) is 0 Å². The topological polar surface area (TPSA) is 3.24 Å². The summed E-state index contributed by atoms with van der Waals surface area (Å²) in [6, 6.07) is 0. The highest BCUT2D eigenvalue weighted by atomic mass is 32.2. The van der Waals surface area contributed by atoms with Crippen molar-refractivity contribution in [1.29, 1.82) is 0 Å². The lowest BCUT2D eigenvalue weighted by atomic mass is 10.5. The fourth-order valence-electron chi connectivity index (χ4n) is 0.953. The standard InChI is InChI=1S/C7H13NS/c1-3-8-5-4-6-9-7(8)2/h4-5,7H,3,6H2,1-2H3. The molecule has 0 aliphatic carbocycles. The highest BCUT2D eigenvalue weighted by molar-refractivity contribution is 8.00. The van der Waals surface area contributed by atoms with Crippen molar-refractivity contribution in [3.8, 4) is 0 Å². The molecular weight excluding hydrogens is 130 g/mol. The largest absolute Gasteiger partial charge is 0.366 e. The van der Waals surface area contributed by atoms with Gasteiger partial charge in [0.1, 0.15) is 0 Å². The van der Waals surface area contributed by atoms with Gasteiger partial charge < -0.3 is 4.90 Å². The van der Waals surface area contributed by atoms with E-state index in [1.807, 2.05) is 11.8 Å². The summed E-state index contributed by atoms with van der Waals surface area (Å²) >= 11 is 1.99. The molecule has 0 fully saturated rings. The summed E-state index contributed by atoms with van der Waals surface area (Å²) in [5.74, 6) is 1.18. The monoisotopic (exact) mass is 143 g/mol. The molecule has 0 radical (unpaired) electrons. The van der Waals surface area contributed by atoms with Crippen molar-refractivity contribution in [3.63, 3.8) is 0 Å². The van der Waals surface area contributed by atoms with Crippen molar-refractivity contribution in [2.45, 2.75) is 19.2 Å². The molecule has 0 amide bonds. The van der Waals surface area contributed by atoms with E-state index in [1.165, 1.54) is 5.75 Å². The number of thioether (sulfide) groups is 1. The number of rotatable bonds is 1. The van der Waals surface area contributed by atoms with Gasteiger partial charge in [0.15, 0.2) is 0 Å². The van der Waals surface area contributed by atoms with Crippen molar-refractivity contribution >= 4 is 11.8 Å². The highest BCUT2D eigenvalue weighted by Crippen LogP contribution is 2.19. The number of hydrogen-bond acceptors (Lipinski definition) is 2. The van der Waals surface area contributed by atoms with Crippen LogP contribution in [0.4, 0.5) is 0 Å². The summed E-state index contributed by atoms with van der Waals surface area (Å²) in [5, 5.41) is 0.681. The highest BCUT2D eigenvalue weighted by Gasteiger charge is 2.09. The lowest BCUT2D eigenvalue weighted by Crippen LogP contribution is -2.27. The van der Waals surface area contributed by atoms with E-state index in [4.69, 9.17) is 0 Å². The van der Waals surface area contributed by atoms with Gasteiger partial charge in [0, 0.05) is 12.3 Å². The molecule has 9 heavy (non-hydrogen) atoms. The molecule has 1 rings (SSSR count). The van der Waals surface area contributed by atoms with Crippen molar-refractivity contribution in [3.05, 3.63) is 12.3 Å². The molecule has 0 aromatic carbocycles. The Labute approximate surface area is 61.1 Å². The van der Waals surface area contributed by atoms with Crippen molar-refractivity contribution in [2.24, 2.45) is 0 Å². The van der Waals surface area contributed by atoms with Gasteiger partial charge in [-0.15, -0.1) is 11.8 Å². The molecule has 1 heterocycles. The van der Waals surface area contributed by atoms with Crippen LogP contribution < -0.4 is 0 Å². The van der Waals surface area contributed by atoms with Gasteiger partial charge in [-0.1, -0.05) is 6.08 Å². The van der Waals surface area contributed by atoms with Gasteiger partial charge in [0.2, 0.25) is 0 Å². The molecule has 0 saturated heterocycles. The third-order valence-electron chi connectivity index (χ3n) is 1.56. The second-order valence-corrected chi connectivity index (χ2v) is 3.50. The fourth-order valence-corrected chi connectivity index (χ4v) is 1.84. The second kappa shape index (κ2) is 3.16. The third kappa shape index (κ3) is 1.65. The van der Waals surface area contributed by atoms with Crippen LogP contribution in [0.15, 0.2) is 12.3 Å². The van der Waals surface area contributed by atoms with Crippen LogP contribution in [0.5, 0.6) is 0 Å². The molecule has 1 unspecified atom stereocenters.